The highest BCUT2D eigenvalue weighted by atomic mass is 16.7. The molecule has 1 heterocycles. The molecular formula is C11H20O3. The predicted molar refractivity (Wildman–Crippen MR) is 52.9 cm³/mol. The second-order valence-corrected chi connectivity index (χ2v) is 4.67. The van der Waals surface area contributed by atoms with E-state index < -0.39 is 5.60 Å². The summed E-state index contributed by atoms with van der Waals surface area (Å²) in [6, 6.07) is 0. The Hall–Kier alpha value is -0.120. The van der Waals surface area contributed by atoms with Crippen LogP contribution in [0.4, 0.5) is 0 Å². The average molecular weight is 200 g/mol. The van der Waals surface area contributed by atoms with Crippen molar-refractivity contribution in [3.63, 3.8) is 0 Å². The van der Waals surface area contributed by atoms with Gasteiger partial charge < -0.3 is 14.6 Å². The highest BCUT2D eigenvalue weighted by molar-refractivity contribution is 4.94. The van der Waals surface area contributed by atoms with Crippen LogP contribution in [-0.2, 0) is 9.47 Å². The lowest BCUT2D eigenvalue weighted by molar-refractivity contribution is -0.189. The van der Waals surface area contributed by atoms with Gasteiger partial charge in [0, 0.05) is 13.0 Å². The minimum absolute atomic E-state index is 0.0268. The van der Waals surface area contributed by atoms with Crippen molar-refractivity contribution in [3.8, 4) is 0 Å². The largest absolute Gasteiger partial charge is 0.390 e. The fourth-order valence-corrected chi connectivity index (χ4v) is 2.01. The molecule has 3 heteroatoms. The van der Waals surface area contributed by atoms with Crippen molar-refractivity contribution in [2.24, 2.45) is 0 Å². The molecule has 82 valence electrons. The van der Waals surface area contributed by atoms with Crippen LogP contribution >= 0.6 is 0 Å². The van der Waals surface area contributed by atoms with Crippen LogP contribution in [0, 0.1) is 0 Å². The molecule has 2 fully saturated rings. The predicted octanol–water partition coefficient (Wildman–Crippen LogP) is 1.83. The van der Waals surface area contributed by atoms with E-state index in [9.17, 15) is 5.11 Å². The number of ether oxygens (including phenoxy) is 2. The molecule has 1 saturated carbocycles. The number of hydrogen-bond acceptors (Lipinski definition) is 3. The van der Waals surface area contributed by atoms with Crippen LogP contribution in [0.3, 0.4) is 0 Å². The molecule has 3 nitrogen and oxygen atoms in total. The van der Waals surface area contributed by atoms with Crippen LogP contribution in [0.25, 0.3) is 0 Å². The first-order valence-corrected chi connectivity index (χ1v) is 5.67. The van der Waals surface area contributed by atoms with Crippen LogP contribution < -0.4 is 0 Å². The van der Waals surface area contributed by atoms with Crippen LogP contribution in [0.15, 0.2) is 0 Å². The zero-order valence-corrected chi connectivity index (χ0v) is 8.87. The lowest BCUT2D eigenvalue weighted by Crippen LogP contribution is -2.29. The Morgan fingerprint density at radius 2 is 2.29 bits per heavy atom. The molecule has 0 spiro atoms. The standard InChI is InChI=1S/C11H20O3/c1-9(8-11(12)5-6-11)14-10-4-2-3-7-13-10/h9-10,12H,2-8H2,1H3. The van der Waals surface area contributed by atoms with Crippen molar-refractivity contribution in [1.82, 2.24) is 0 Å². The van der Waals surface area contributed by atoms with E-state index in [2.05, 4.69) is 0 Å². The summed E-state index contributed by atoms with van der Waals surface area (Å²) < 4.78 is 11.2. The summed E-state index contributed by atoms with van der Waals surface area (Å²) in [6.07, 6.45) is 6.07. The monoisotopic (exact) mass is 200 g/mol. The smallest absolute Gasteiger partial charge is 0.157 e. The van der Waals surface area contributed by atoms with Gasteiger partial charge in [-0.1, -0.05) is 0 Å². The molecule has 2 rings (SSSR count). The Bertz CT molecular complexity index is 183. The molecule has 14 heavy (non-hydrogen) atoms. The summed E-state index contributed by atoms with van der Waals surface area (Å²) in [6.45, 7) is 2.84. The van der Waals surface area contributed by atoms with Crippen LogP contribution in [-0.4, -0.2) is 29.7 Å². The fourth-order valence-electron chi connectivity index (χ4n) is 2.01. The van der Waals surface area contributed by atoms with Crippen molar-refractivity contribution < 1.29 is 14.6 Å². The van der Waals surface area contributed by atoms with Gasteiger partial charge in [0.2, 0.25) is 0 Å². The van der Waals surface area contributed by atoms with E-state index in [0.29, 0.717) is 0 Å². The Balaban J connectivity index is 1.67. The molecule has 1 aliphatic carbocycles. The highest BCUT2D eigenvalue weighted by Gasteiger charge is 2.41. The van der Waals surface area contributed by atoms with Gasteiger partial charge in [0.15, 0.2) is 6.29 Å². The van der Waals surface area contributed by atoms with Gasteiger partial charge >= 0.3 is 0 Å². The number of aliphatic hydroxyl groups is 1. The Kier molecular flexibility index (Phi) is 3.10. The Morgan fingerprint density at radius 3 is 2.86 bits per heavy atom. The molecule has 1 aliphatic heterocycles. The van der Waals surface area contributed by atoms with E-state index in [1.807, 2.05) is 6.92 Å². The van der Waals surface area contributed by atoms with Crippen molar-refractivity contribution in [2.45, 2.75) is 63.4 Å². The molecule has 0 bridgehead atoms. The first kappa shape index (κ1) is 10.4. The maximum absolute atomic E-state index is 9.71. The van der Waals surface area contributed by atoms with E-state index in [0.717, 1.165) is 38.7 Å². The quantitative estimate of drug-likeness (QED) is 0.752. The van der Waals surface area contributed by atoms with Crippen LogP contribution in [0.5, 0.6) is 0 Å². The minimum atomic E-state index is -0.409. The van der Waals surface area contributed by atoms with Crippen molar-refractivity contribution in [1.29, 1.82) is 0 Å². The van der Waals surface area contributed by atoms with Gasteiger partial charge in [-0.05, 0) is 39.0 Å². The average Bonchev–Trinajstić information content (AvgIpc) is 2.84. The number of hydrogen-bond donors (Lipinski definition) is 1. The number of rotatable bonds is 4. The molecule has 0 aromatic rings. The van der Waals surface area contributed by atoms with Gasteiger partial charge in [-0.15, -0.1) is 0 Å². The molecule has 0 aromatic carbocycles. The third-order valence-electron chi connectivity index (χ3n) is 3.02. The molecule has 0 radical (unpaired) electrons. The molecule has 0 amide bonds. The lowest BCUT2D eigenvalue weighted by Gasteiger charge is -2.27. The summed E-state index contributed by atoms with van der Waals surface area (Å²) in [5, 5.41) is 9.71. The fraction of sp³-hybridized carbons (Fsp3) is 1.00. The summed E-state index contributed by atoms with van der Waals surface area (Å²) in [7, 11) is 0. The van der Waals surface area contributed by atoms with Gasteiger partial charge in [-0.2, -0.15) is 0 Å². The summed E-state index contributed by atoms with van der Waals surface area (Å²) in [4.78, 5) is 0. The van der Waals surface area contributed by atoms with Crippen LogP contribution in [0.2, 0.25) is 0 Å². The SMILES string of the molecule is CC(CC1(O)CC1)OC1CCCCO1. The maximum Gasteiger partial charge on any atom is 0.157 e. The van der Waals surface area contributed by atoms with Crippen LogP contribution in [0.1, 0.15) is 45.4 Å². The first-order valence-electron chi connectivity index (χ1n) is 5.67. The van der Waals surface area contributed by atoms with Crippen molar-refractivity contribution in [3.05, 3.63) is 0 Å². The van der Waals surface area contributed by atoms with E-state index >= 15 is 0 Å². The molecule has 0 aromatic heterocycles. The highest BCUT2D eigenvalue weighted by Crippen LogP contribution is 2.40. The second kappa shape index (κ2) is 4.17. The Labute approximate surface area is 85.4 Å². The van der Waals surface area contributed by atoms with E-state index in [1.165, 1.54) is 6.42 Å². The second-order valence-electron chi connectivity index (χ2n) is 4.67. The zero-order chi connectivity index (χ0) is 10.0. The normalized spacial score (nSPS) is 32.6. The zero-order valence-electron chi connectivity index (χ0n) is 8.87. The molecule has 2 aliphatic rings. The van der Waals surface area contributed by atoms with Gasteiger partial charge in [-0.3, -0.25) is 0 Å². The molecule has 2 unspecified atom stereocenters. The third-order valence-corrected chi connectivity index (χ3v) is 3.02. The minimum Gasteiger partial charge on any atom is -0.390 e. The van der Waals surface area contributed by atoms with E-state index in [4.69, 9.17) is 9.47 Å². The molecule has 1 saturated heterocycles. The Morgan fingerprint density at radius 1 is 1.50 bits per heavy atom. The van der Waals surface area contributed by atoms with E-state index in [-0.39, 0.29) is 12.4 Å². The summed E-state index contributed by atoms with van der Waals surface area (Å²) in [5.41, 5.74) is -0.409. The van der Waals surface area contributed by atoms with Gasteiger partial charge in [-0.25, -0.2) is 0 Å². The molecular weight excluding hydrogens is 180 g/mol. The summed E-state index contributed by atoms with van der Waals surface area (Å²) >= 11 is 0. The topological polar surface area (TPSA) is 38.7 Å². The summed E-state index contributed by atoms with van der Waals surface area (Å²) in [5.74, 6) is 0. The van der Waals surface area contributed by atoms with Gasteiger partial charge in [0.1, 0.15) is 0 Å². The van der Waals surface area contributed by atoms with Gasteiger partial charge in [0.05, 0.1) is 11.7 Å². The molecule has 1 N–H and O–H groups in total. The maximum atomic E-state index is 9.71. The molecule has 2 atom stereocenters. The van der Waals surface area contributed by atoms with Gasteiger partial charge in [0.25, 0.3) is 0 Å². The first-order chi connectivity index (χ1) is 6.68. The lowest BCUT2D eigenvalue weighted by atomic mass is 10.1. The third kappa shape index (κ3) is 2.94. The van der Waals surface area contributed by atoms with Crippen molar-refractivity contribution in [2.75, 3.05) is 6.61 Å². The van der Waals surface area contributed by atoms with Crippen molar-refractivity contribution >= 4 is 0 Å². The van der Waals surface area contributed by atoms with E-state index in [1.54, 1.807) is 0 Å².